The first-order valence-corrected chi connectivity index (χ1v) is 11.5. The maximum absolute atomic E-state index is 12.9. The van der Waals surface area contributed by atoms with Gasteiger partial charge in [-0.05, 0) is 57.4 Å². The van der Waals surface area contributed by atoms with Gasteiger partial charge in [-0.2, -0.15) is 16.9 Å². The smallest absolute Gasteiger partial charge is 0.257 e. The fourth-order valence-corrected chi connectivity index (χ4v) is 4.80. The number of nitrogens with zero attached hydrogens (tertiary/aromatic N) is 3. The van der Waals surface area contributed by atoms with E-state index < -0.39 is 0 Å². The molecular formula is C23H28N4O2S. The first kappa shape index (κ1) is 20.9. The molecule has 0 bridgehead atoms. The van der Waals surface area contributed by atoms with Crippen LogP contribution in [0.2, 0.25) is 0 Å². The molecule has 0 aliphatic carbocycles. The fraction of sp³-hybridized carbons (Fsp3) is 0.435. The van der Waals surface area contributed by atoms with Crippen molar-refractivity contribution in [2.45, 2.75) is 50.7 Å². The zero-order valence-corrected chi connectivity index (χ0v) is 18.5. The number of carbonyl (C=O) groups excluding carboxylic acids is 1. The standard InChI is InChI=1S/C23H28N4O2S/c1-15(2)27-22-18(13-24-27)12-21(16(3)25-22)23(28)26-19-6-4-5-17(11-19)14-30-20-7-9-29-10-8-20/h4-6,11-13,15,20H,7-10,14H2,1-3H3,(H,26,28). The van der Waals surface area contributed by atoms with Crippen LogP contribution < -0.4 is 5.32 Å². The summed E-state index contributed by atoms with van der Waals surface area (Å²) < 4.78 is 7.31. The molecule has 1 aliphatic heterocycles. The Bertz CT molecular complexity index is 1040. The quantitative estimate of drug-likeness (QED) is 0.604. The lowest BCUT2D eigenvalue weighted by molar-refractivity contribution is 0.1000. The van der Waals surface area contributed by atoms with Crippen molar-refractivity contribution in [1.82, 2.24) is 14.8 Å². The van der Waals surface area contributed by atoms with Crippen LogP contribution in [0.15, 0.2) is 36.5 Å². The van der Waals surface area contributed by atoms with Crippen LogP contribution in [-0.2, 0) is 10.5 Å². The number of pyridine rings is 1. The van der Waals surface area contributed by atoms with Gasteiger partial charge in [0, 0.05) is 41.3 Å². The lowest BCUT2D eigenvalue weighted by Crippen LogP contribution is -2.17. The molecule has 1 saturated heterocycles. The third kappa shape index (κ3) is 4.68. The van der Waals surface area contributed by atoms with E-state index in [-0.39, 0.29) is 11.9 Å². The zero-order valence-electron chi connectivity index (χ0n) is 17.7. The Morgan fingerprint density at radius 2 is 2.10 bits per heavy atom. The maximum atomic E-state index is 12.9. The summed E-state index contributed by atoms with van der Waals surface area (Å²) in [5.41, 5.74) is 4.11. The first-order chi connectivity index (χ1) is 14.5. The maximum Gasteiger partial charge on any atom is 0.257 e. The van der Waals surface area contributed by atoms with Crippen LogP contribution in [0.1, 0.15) is 54.3 Å². The van der Waals surface area contributed by atoms with E-state index >= 15 is 0 Å². The molecule has 1 fully saturated rings. The SMILES string of the molecule is Cc1nc2c(cnn2C(C)C)cc1C(=O)Nc1cccc(CSC2CCOCC2)c1. The number of hydrogen-bond acceptors (Lipinski definition) is 5. The molecule has 1 N–H and O–H groups in total. The summed E-state index contributed by atoms with van der Waals surface area (Å²) in [6.45, 7) is 7.73. The highest BCUT2D eigenvalue weighted by Gasteiger charge is 2.16. The summed E-state index contributed by atoms with van der Waals surface area (Å²) in [5.74, 6) is 0.795. The number of ether oxygens (including phenoxy) is 1. The monoisotopic (exact) mass is 424 g/mol. The number of thioether (sulfide) groups is 1. The van der Waals surface area contributed by atoms with Gasteiger partial charge >= 0.3 is 0 Å². The van der Waals surface area contributed by atoms with Crippen molar-refractivity contribution in [2.75, 3.05) is 18.5 Å². The fourth-order valence-electron chi connectivity index (χ4n) is 3.67. The highest BCUT2D eigenvalue weighted by Crippen LogP contribution is 2.27. The van der Waals surface area contributed by atoms with Crippen LogP contribution in [0.3, 0.4) is 0 Å². The normalized spacial score (nSPS) is 15.1. The Balaban J connectivity index is 1.46. The van der Waals surface area contributed by atoms with Crippen LogP contribution in [0.25, 0.3) is 11.0 Å². The molecule has 6 nitrogen and oxygen atoms in total. The van der Waals surface area contributed by atoms with E-state index in [1.807, 2.05) is 41.6 Å². The second kappa shape index (κ2) is 9.18. The number of nitrogens with one attached hydrogen (secondary N) is 1. The van der Waals surface area contributed by atoms with Gasteiger partial charge in [0.2, 0.25) is 0 Å². The second-order valence-corrected chi connectivity index (χ2v) is 9.28. The molecule has 158 valence electrons. The number of carbonyl (C=O) groups is 1. The minimum absolute atomic E-state index is 0.145. The summed E-state index contributed by atoms with van der Waals surface area (Å²) in [6, 6.07) is 10.2. The van der Waals surface area contributed by atoms with Gasteiger partial charge in [0.25, 0.3) is 5.91 Å². The van der Waals surface area contributed by atoms with Crippen LogP contribution in [0.4, 0.5) is 5.69 Å². The van der Waals surface area contributed by atoms with Crippen LogP contribution in [0, 0.1) is 6.92 Å². The van der Waals surface area contributed by atoms with E-state index in [0.29, 0.717) is 16.5 Å². The molecule has 1 aromatic carbocycles. The number of aromatic nitrogens is 3. The summed E-state index contributed by atoms with van der Waals surface area (Å²) in [6.07, 6.45) is 4.00. The van der Waals surface area contributed by atoms with Crippen molar-refractivity contribution in [3.8, 4) is 0 Å². The molecule has 2 aromatic heterocycles. The number of amides is 1. The highest BCUT2D eigenvalue weighted by atomic mass is 32.2. The molecule has 1 amide bonds. The molecule has 0 saturated carbocycles. The molecule has 1 aliphatic rings. The van der Waals surface area contributed by atoms with Gasteiger partial charge < -0.3 is 10.1 Å². The Morgan fingerprint density at radius 1 is 1.30 bits per heavy atom. The Kier molecular flexibility index (Phi) is 6.39. The molecule has 0 atom stereocenters. The summed E-state index contributed by atoms with van der Waals surface area (Å²) >= 11 is 1.97. The molecule has 0 radical (unpaired) electrons. The van der Waals surface area contributed by atoms with E-state index in [0.717, 1.165) is 48.5 Å². The van der Waals surface area contributed by atoms with Gasteiger partial charge in [-0.15, -0.1) is 0 Å². The molecule has 0 spiro atoms. The molecule has 3 heterocycles. The minimum atomic E-state index is -0.145. The average molecular weight is 425 g/mol. The zero-order chi connectivity index (χ0) is 21.1. The van der Waals surface area contributed by atoms with Crippen molar-refractivity contribution >= 4 is 34.4 Å². The molecule has 3 aromatic rings. The number of anilines is 1. The van der Waals surface area contributed by atoms with E-state index in [1.54, 1.807) is 6.20 Å². The topological polar surface area (TPSA) is 69.0 Å². The Hall–Kier alpha value is -2.38. The minimum Gasteiger partial charge on any atom is -0.381 e. The van der Waals surface area contributed by atoms with Crippen molar-refractivity contribution in [2.24, 2.45) is 0 Å². The highest BCUT2D eigenvalue weighted by molar-refractivity contribution is 7.99. The van der Waals surface area contributed by atoms with Gasteiger partial charge in [0.1, 0.15) is 0 Å². The van der Waals surface area contributed by atoms with Gasteiger partial charge in [0.15, 0.2) is 5.65 Å². The van der Waals surface area contributed by atoms with E-state index in [9.17, 15) is 4.79 Å². The summed E-state index contributed by atoms with van der Waals surface area (Å²) in [7, 11) is 0. The number of hydrogen-bond donors (Lipinski definition) is 1. The number of benzene rings is 1. The third-order valence-corrected chi connectivity index (χ3v) is 6.78. The van der Waals surface area contributed by atoms with Gasteiger partial charge in [-0.1, -0.05) is 12.1 Å². The van der Waals surface area contributed by atoms with Crippen LogP contribution in [0.5, 0.6) is 0 Å². The van der Waals surface area contributed by atoms with Crippen molar-refractivity contribution in [1.29, 1.82) is 0 Å². The molecule has 0 unspecified atom stereocenters. The average Bonchev–Trinajstić information content (AvgIpc) is 3.15. The molecule has 7 heteroatoms. The predicted octanol–water partition coefficient (Wildman–Crippen LogP) is 4.99. The van der Waals surface area contributed by atoms with E-state index in [4.69, 9.17) is 4.74 Å². The van der Waals surface area contributed by atoms with Gasteiger partial charge in [-0.3, -0.25) is 4.79 Å². The van der Waals surface area contributed by atoms with Crippen LogP contribution in [-0.4, -0.2) is 39.1 Å². The lowest BCUT2D eigenvalue weighted by atomic mass is 10.1. The molecular weight excluding hydrogens is 396 g/mol. The van der Waals surface area contributed by atoms with Gasteiger partial charge in [0.05, 0.1) is 17.5 Å². The number of rotatable bonds is 6. The molecule has 4 rings (SSSR count). The summed E-state index contributed by atoms with van der Waals surface area (Å²) in [5, 5.41) is 8.97. The van der Waals surface area contributed by atoms with Crippen molar-refractivity contribution in [3.63, 3.8) is 0 Å². The van der Waals surface area contributed by atoms with Crippen molar-refractivity contribution in [3.05, 3.63) is 53.3 Å². The largest absolute Gasteiger partial charge is 0.381 e. The predicted molar refractivity (Wildman–Crippen MR) is 122 cm³/mol. The second-order valence-electron chi connectivity index (χ2n) is 7.99. The Morgan fingerprint density at radius 3 is 2.87 bits per heavy atom. The van der Waals surface area contributed by atoms with E-state index in [1.165, 1.54) is 5.56 Å². The third-order valence-electron chi connectivity index (χ3n) is 5.33. The Labute approximate surface area is 181 Å². The van der Waals surface area contributed by atoms with Gasteiger partial charge in [-0.25, -0.2) is 9.67 Å². The lowest BCUT2D eigenvalue weighted by Gasteiger charge is -2.21. The van der Waals surface area contributed by atoms with Crippen LogP contribution >= 0.6 is 11.8 Å². The number of fused-ring (bicyclic) bond motifs is 1. The molecule has 30 heavy (non-hydrogen) atoms. The van der Waals surface area contributed by atoms with E-state index in [2.05, 4.69) is 41.4 Å². The first-order valence-electron chi connectivity index (χ1n) is 10.5. The van der Waals surface area contributed by atoms with Crippen molar-refractivity contribution < 1.29 is 9.53 Å². The summed E-state index contributed by atoms with van der Waals surface area (Å²) in [4.78, 5) is 17.6. The number of aryl methyl sites for hydroxylation is 1.